The number of aromatic nitrogens is 3. The van der Waals surface area contributed by atoms with E-state index in [9.17, 15) is 13.2 Å². The third-order valence-electron chi connectivity index (χ3n) is 8.39. The summed E-state index contributed by atoms with van der Waals surface area (Å²) >= 11 is 0. The van der Waals surface area contributed by atoms with Crippen molar-refractivity contribution >= 4 is 35.2 Å². The number of pyridine rings is 1. The number of nitrogens with one attached hydrogen (secondary N) is 1. The van der Waals surface area contributed by atoms with Crippen molar-refractivity contribution < 1.29 is 17.9 Å². The van der Waals surface area contributed by atoms with Gasteiger partial charge in [-0.25, -0.2) is 22.8 Å². The highest BCUT2D eigenvalue weighted by molar-refractivity contribution is 7.90. The van der Waals surface area contributed by atoms with Gasteiger partial charge in [0.1, 0.15) is 5.82 Å². The van der Waals surface area contributed by atoms with Crippen LogP contribution >= 0.6 is 13.5 Å². The van der Waals surface area contributed by atoms with Gasteiger partial charge in [-0.15, -0.1) is 5.10 Å². The lowest BCUT2D eigenvalue weighted by molar-refractivity contribution is 0.0981. The van der Waals surface area contributed by atoms with Crippen LogP contribution in [-0.4, -0.2) is 47.8 Å². The Morgan fingerprint density at radius 2 is 1.76 bits per heavy atom. The van der Waals surface area contributed by atoms with Gasteiger partial charge in [-0.3, -0.25) is 4.79 Å². The van der Waals surface area contributed by atoms with Gasteiger partial charge in [0, 0.05) is 24.3 Å². The van der Waals surface area contributed by atoms with E-state index in [-0.39, 0.29) is 29.5 Å². The molecule has 11 heteroatoms. The molecule has 3 aliphatic rings. The number of hydrogen-bond donors (Lipinski definition) is 1. The predicted molar refractivity (Wildman–Crippen MR) is 162 cm³/mol. The molecule has 0 bridgehead atoms. The van der Waals surface area contributed by atoms with Crippen molar-refractivity contribution in [2.24, 2.45) is 23.7 Å². The smallest absolute Gasteiger partial charge is 0.268 e. The molecule has 0 unspecified atom stereocenters. The number of amides is 1. The zero-order valence-electron chi connectivity index (χ0n) is 23.8. The number of ether oxygens (including phenoxy) is 1. The van der Waals surface area contributed by atoms with Gasteiger partial charge in [-0.1, -0.05) is 25.1 Å². The zero-order chi connectivity index (χ0) is 28.1. The van der Waals surface area contributed by atoms with Crippen LogP contribution in [0.4, 0.5) is 5.82 Å². The van der Waals surface area contributed by atoms with E-state index < -0.39 is 15.9 Å². The van der Waals surface area contributed by atoms with Gasteiger partial charge in [-0.2, -0.15) is 13.5 Å². The number of carbonyl (C=O) groups is 1. The van der Waals surface area contributed by atoms with Crippen LogP contribution in [0.3, 0.4) is 0 Å². The topological polar surface area (TPSA) is 106 Å². The Labute approximate surface area is 249 Å². The zero-order valence-corrected chi connectivity index (χ0v) is 25.6. The van der Waals surface area contributed by atoms with Crippen LogP contribution < -0.4 is 14.4 Å². The molecule has 0 spiro atoms. The standard InChI is InChI=1S/C30H37N5O4S.H2S/c1-20-17-30(2,3)34(18-20)28-24(29(36)33-40(37,38)23-7-5-4-6-8-23)13-14-26(31-28)35-16-15-27(32-35)39-19-25(21-9-10-21)22-11-12-22;/h4-8,13-16,20-22,25H,9-12,17-19H2,1-3H3,(H,33,36);1H2/t20-;/m0./s1. The van der Waals surface area contributed by atoms with Gasteiger partial charge in [0.2, 0.25) is 5.88 Å². The van der Waals surface area contributed by atoms with Gasteiger partial charge in [0.25, 0.3) is 15.9 Å². The summed E-state index contributed by atoms with van der Waals surface area (Å²) < 4.78 is 35.8. The Bertz CT molecular complexity index is 1490. The lowest BCUT2D eigenvalue weighted by atomic mass is 9.97. The van der Waals surface area contributed by atoms with E-state index in [4.69, 9.17) is 9.72 Å². The predicted octanol–water partition coefficient (Wildman–Crippen LogP) is 4.94. The molecule has 9 nitrogen and oxygen atoms in total. The van der Waals surface area contributed by atoms with Crippen molar-refractivity contribution in [1.29, 1.82) is 0 Å². The maximum absolute atomic E-state index is 13.4. The van der Waals surface area contributed by atoms with E-state index in [1.807, 2.05) is 12.3 Å². The summed E-state index contributed by atoms with van der Waals surface area (Å²) in [7, 11) is -4.04. The normalized spacial score (nSPS) is 20.1. The fourth-order valence-corrected chi connectivity index (χ4v) is 7.13. The van der Waals surface area contributed by atoms with Gasteiger partial charge in [0.15, 0.2) is 5.82 Å². The minimum atomic E-state index is -4.04. The molecule has 2 aromatic heterocycles. The number of anilines is 1. The van der Waals surface area contributed by atoms with Crippen LogP contribution in [0.2, 0.25) is 0 Å². The monoisotopic (exact) mass is 597 g/mol. The SMILES string of the molecule is C[C@@H]1CN(c2nc(-n3ccc(OCC(C4CC4)C4CC4)n3)ccc2C(=O)NS(=O)(=O)c2ccccc2)C(C)(C)C1.S. The minimum absolute atomic E-state index is 0. The lowest BCUT2D eigenvalue weighted by Crippen LogP contribution is -2.41. The molecular formula is C30H39N5O4S2. The number of sulfonamides is 1. The maximum Gasteiger partial charge on any atom is 0.268 e. The van der Waals surface area contributed by atoms with Gasteiger partial charge >= 0.3 is 0 Å². The van der Waals surface area contributed by atoms with Crippen molar-refractivity contribution in [3.63, 3.8) is 0 Å². The second kappa shape index (κ2) is 11.3. The first-order valence-corrected chi connectivity index (χ1v) is 15.7. The summed E-state index contributed by atoms with van der Waals surface area (Å²) in [6.45, 7) is 7.79. The van der Waals surface area contributed by atoms with Crippen molar-refractivity contribution in [1.82, 2.24) is 19.5 Å². The highest BCUT2D eigenvalue weighted by atomic mass is 32.2. The molecular weight excluding hydrogens is 558 g/mol. The van der Waals surface area contributed by atoms with E-state index in [1.165, 1.54) is 37.8 Å². The number of carbonyl (C=O) groups excluding carboxylic acids is 1. The average Bonchev–Trinajstić information content (AvgIpc) is 3.85. The average molecular weight is 598 g/mol. The van der Waals surface area contributed by atoms with Crippen molar-refractivity contribution in [3.8, 4) is 11.7 Å². The van der Waals surface area contributed by atoms with E-state index in [1.54, 1.807) is 35.0 Å². The molecule has 1 aromatic carbocycles. The third kappa shape index (κ3) is 6.40. The summed E-state index contributed by atoms with van der Waals surface area (Å²) in [4.78, 5) is 20.4. The molecule has 1 saturated heterocycles. The second-order valence-corrected chi connectivity index (χ2v) is 14.0. The minimum Gasteiger partial charge on any atom is -0.476 e. The Morgan fingerprint density at radius 1 is 1.07 bits per heavy atom. The first-order valence-electron chi connectivity index (χ1n) is 14.2. The maximum atomic E-state index is 13.4. The highest BCUT2D eigenvalue weighted by Crippen LogP contribution is 2.49. The molecule has 2 saturated carbocycles. The molecule has 1 aliphatic heterocycles. The molecule has 220 valence electrons. The molecule has 3 heterocycles. The van der Waals surface area contributed by atoms with Crippen LogP contribution in [0.25, 0.3) is 5.82 Å². The lowest BCUT2D eigenvalue weighted by Gasteiger charge is -2.34. The first kappa shape index (κ1) is 29.4. The Kier molecular flexibility index (Phi) is 8.13. The molecule has 1 amide bonds. The van der Waals surface area contributed by atoms with Gasteiger partial charge < -0.3 is 9.64 Å². The van der Waals surface area contributed by atoms with E-state index in [0.717, 1.165) is 18.3 Å². The summed E-state index contributed by atoms with van der Waals surface area (Å²) in [5, 5.41) is 4.62. The van der Waals surface area contributed by atoms with E-state index in [2.05, 4.69) is 35.5 Å². The van der Waals surface area contributed by atoms with Crippen LogP contribution in [0.15, 0.2) is 59.6 Å². The highest BCUT2D eigenvalue weighted by Gasteiger charge is 2.42. The molecule has 1 N–H and O–H groups in total. The summed E-state index contributed by atoms with van der Waals surface area (Å²) in [5.74, 6) is 3.42. The molecule has 6 rings (SSSR count). The van der Waals surface area contributed by atoms with Gasteiger partial charge in [0.05, 0.1) is 17.1 Å². The van der Waals surface area contributed by atoms with E-state index >= 15 is 0 Å². The Balaban J connectivity index is 0.00000337. The molecule has 2 aliphatic carbocycles. The molecule has 41 heavy (non-hydrogen) atoms. The molecule has 0 radical (unpaired) electrons. The Morgan fingerprint density at radius 3 is 2.37 bits per heavy atom. The first-order chi connectivity index (χ1) is 19.1. The fraction of sp³-hybridized carbons (Fsp3) is 0.500. The largest absolute Gasteiger partial charge is 0.476 e. The third-order valence-corrected chi connectivity index (χ3v) is 9.74. The number of benzene rings is 1. The van der Waals surface area contributed by atoms with E-state index in [0.29, 0.717) is 42.5 Å². The summed E-state index contributed by atoms with van der Waals surface area (Å²) in [6, 6.07) is 13.0. The second-order valence-electron chi connectivity index (χ2n) is 12.3. The van der Waals surface area contributed by atoms with Crippen molar-refractivity contribution in [2.75, 3.05) is 18.1 Å². The summed E-state index contributed by atoms with van der Waals surface area (Å²) in [6.07, 6.45) is 7.97. The van der Waals surface area contributed by atoms with Crippen LogP contribution in [-0.2, 0) is 10.0 Å². The van der Waals surface area contributed by atoms with Crippen LogP contribution in [0.5, 0.6) is 5.88 Å². The van der Waals surface area contributed by atoms with Crippen molar-refractivity contribution in [2.45, 2.75) is 63.3 Å². The molecule has 3 aromatic rings. The fourth-order valence-electron chi connectivity index (χ4n) is 6.14. The number of hydrogen-bond acceptors (Lipinski definition) is 7. The van der Waals surface area contributed by atoms with Crippen LogP contribution in [0.1, 0.15) is 63.2 Å². The van der Waals surface area contributed by atoms with Crippen LogP contribution in [0, 0.1) is 23.7 Å². The quantitative estimate of drug-likeness (QED) is 0.353. The van der Waals surface area contributed by atoms with Crippen molar-refractivity contribution in [3.05, 3.63) is 60.3 Å². The number of nitrogens with zero attached hydrogens (tertiary/aromatic N) is 4. The number of rotatable bonds is 10. The van der Waals surface area contributed by atoms with Gasteiger partial charge in [-0.05, 0) is 93.9 Å². The molecule has 1 atom stereocenters. The Hall–Kier alpha value is -3.05. The summed E-state index contributed by atoms with van der Waals surface area (Å²) in [5.41, 5.74) is -0.0667. The molecule has 3 fully saturated rings.